The van der Waals surface area contributed by atoms with Gasteiger partial charge in [-0.3, -0.25) is 9.78 Å². The third-order valence-corrected chi connectivity index (χ3v) is 3.87. The summed E-state index contributed by atoms with van der Waals surface area (Å²) in [6.45, 7) is 1.68. The van der Waals surface area contributed by atoms with Gasteiger partial charge in [0.25, 0.3) is 0 Å². The summed E-state index contributed by atoms with van der Waals surface area (Å²) >= 11 is 6.76. The zero-order valence-corrected chi connectivity index (χ0v) is 14.7. The maximum Gasteiger partial charge on any atom is 0.413 e. The molecular weight excluding hydrogens is 420 g/mol. The number of halogens is 2. The molecule has 0 atom stereocenters. The van der Waals surface area contributed by atoms with E-state index in [-0.39, 0.29) is 18.9 Å². The Hall–Kier alpha value is -1.67. The van der Waals surface area contributed by atoms with Crippen LogP contribution in [0.3, 0.4) is 0 Å². The molecule has 2 rings (SSSR count). The third kappa shape index (κ3) is 3.95. The van der Waals surface area contributed by atoms with Gasteiger partial charge in [0.1, 0.15) is 12.1 Å². The number of carbonyl (C=O) groups excluding carboxylic acids is 2. The van der Waals surface area contributed by atoms with Crippen molar-refractivity contribution in [3.8, 4) is 5.75 Å². The minimum absolute atomic E-state index is 0.252. The Bertz CT molecular complexity index is 721. The van der Waals surface area contributed by atoms with Gasteiger partial charge in [-0.1, -0.05) is 22.0 Å². The molecule has 1 amide bonds. The van der Waals surface area contributed by atoms with E-state index in [0.717, 1.165) is 9.86 Å². The third-order valence-electron chi connectivity index (χ3n) is 2.63. The molecule has 0 radical (unpaired) electrons. The van der Waals surface area contributed by atoms with Crippen LogP contribution in [0, 0.1) is 0 Å². The molecule has 1 aromatic carbocycles. The predicted octanol–water partition coefficient (Wildman–Crippen LogP) is 3.41. The van der Waals surface area contributed by atoms with Gasteiger partial charge in [-0.2, -0.15) is 0 Å². The Kier molecular flexibility index (Phi) is 5.73. The van der Waals surface area contributed by atoms with E-state index >= 15 is 0 Å². The van der Waals surface area contributed by atoms with Crippen molar-refractivity contribution >= 4 is 54.8 Å². The van der Waals surface area contributed by atoms with Crippen molar-refractivity contribution in [2.24, 2.45) is 0 Å². The highest BCUT2D eigenvalue weighted by Gasteiger charge is 2.16. The van der Waals surface area contributed by atoms with E-state index in [2.05, 4.69) is 42.2 Å². The molecule has 1 aromatic heterocycles. The molecule has 22 heavy (non-hydrogen) atoms. The normalized spacial score (nSPS) is 10.3. The lowest BCUT2D eigenvalue weighted by atomic mass is 10.2. The maximum atomic E-state index is 11.8. The number of ether oxygens (including phenoxy) is 2. The predicted molar refractivity (Wildman–Crippen MR) is 87.8 cm³/mol. The molecule has 0 saturated carbocycles. The lowest BCUT2D eigenvalue weighted by Gasteiger charge is -2.11. The highest BCUT2D eigenvalue weighted by Crippen LogP contribution is 2.37. The Morgan fingerprint density at radius 2 is 2.09 bits per heavy atom. The van der Waals surface area contributed by atoms with Crippen molar-refractivity contribution in [2.75, 3.05) is 13.2 Å². The zero-order valence-electron chi connectivity index (χ0n) is 11.6. The van der Waals surface area contributed by atoms with E-state index in [4.69, 9.17) is 9.47 Å². The van der Waals surface area contributed by atoms with Crippen molar-refractivity contribution in [1.29, 1.82) is 0 Å². The van der Waals surface area contributed by atoms with E-state index in [1.54, 1.807) is 25.3 Å². The fourth-order valence-electron chi connectivity index (χ4n) is 1.73. The zero-order chi connectivity index (χ0) is 16.1. The van der Waals surface area contributed by atoms with Crippen LogP contribution in [0.15, 0.2) is 33.3 Å². The van der Waals surface area contributed by atoms with Gasteiger partial charge in [-0.05, 0) is 35.0 Å². The largest absolute Gasteiger partial charge is 0.465 e. The van der Waals surface area contributed by atoms with Gasteiger partial charge in [-0.25, -0.2) is 4.79 Å². The summed E-state index contributed by atoms with van der Waals surface area (Å²) in [5.41, 5.74) is 0.523. The Morgan fingerprint density at radius 3 is 2.82 bits per heavy atom. The number of esters is 1. The summed E-state index contributed by atoms with van der Waals surface area (Å²) in [4.78, 5) is 27.2. The number of aromatic nitrogens is 1. The lowest BCUT2D eigenvalue weighted by Crippen LogP contribution is -2.33. The second kappa shape index (κ2) is 7.55. The molecule has 0 spiro atoms. The lowest BCUT2D eigenvalue weighted by molar-refractivity contribution is -0.141. The van der Waals surface area contributed by atoms with Gasteiger partial charge >= 0.3 is 12.1 Å². The second-order valence-electron chi connectivity index (χ2n) is 4.12. The topological polar surface area (TPSA) is 77.5 Å². The van der Waals surface area contributed by atoms with Crippen LogP contribution >= 0.6 is 31.9 Å². The Morgan fingerprint density at radius 1 is 1.32 bits per heavy atom. The molecule has 0 aliphatic heterocycles. The Labute approximate surface area is 143 Å². The number of nitrogens with one attached hydrogen (secondary N) is 1. The van der Waals surface area contributed by atoms with Crippen molar-refractivity contribution in [3.63, 3.8) is 0 Å². The number of amides is 1. The standard InChI is InChI=1S/C14H12Br2N2O4/c1-2-21-11(19)7-18-14(20)22-13-10(16)6-9(15)8-4-3-5-17-12(8)13/h3-6H,2,7H2,1H3,(H,18,20). The number of pyridine rings is 1. The van der Waals surface area contributed by atoms with Gasteiger partial charge in [-0.15, -0.1) is 0 Å². The number of carbonyl (C=O) groups is 2. The number of benzene rings is 1. The van der Waals surface area contributed by atoms with Gasteiger partial charge in [0.2, 0.25) is 0 Å². The highest BCUT2D eigenvalue weighted by molar-refractivity contribution is 9.11. The summed E-state index contributed by atoms with van der Waals surface area (Å²) < 4.78 is 11.4. The summed E-state index contributed by atoms with van der Waals surface area (Å²) in [6, 6.07) is 5.39. The van der Waals surface area contributed by atoms with Gasteiger partial charge in [0.05, 0.1) is 11.1 Å². The van der Waals surface area contributed by atoms with Gasteiger partial charge in [0.15, 0.2) is 5.75 Å². The fourth-order valence-corrected chi connectivity index (χ4v) is 3.08. The molecule has 8 heteroatoms. The molecule has 1 heterocycles. The molecule has 6 nitrogen and oxygen atoms in total. The van der Waals surface area contributed by atoms with E-state index in [9.17, 15) is 9.59 Å². The first-order chi connectivity index (χ1) is 10.5. The smallest absolute Gasteiger partial charge is 0.413 e. The summed E-state index contributed by atoms with van der Waals surface area (Å²) in [6.07, 6.45) is 0.841. The molecule has 0 fully saturated rings. The number of hydrogen-bond acceptors (Lipinski definition) is 5. The van der Waals surface area contributed by atoms with Crippen LogP contribution in [-0.2, 0) is 9.53 Å². The first-order valence-electron chi connectivity index (χ1n) is 6.37. The van der Waals surface area contributed by atoms with Gasteiger partial charge in [0, 0.05) is 16.1 Å². The molecule has 0 aliphatic carbocycles. The van der Waals surface area contributed by atoms with Crippen molar-refractivity contribution in [1.82, 2.24) is 10.3 Å². The molecule has 2 aromatic rings. The highest BCUT2D eigenvalue weighted by atomic mass is 79.9. The monoisotopic (exact) mass is 430 g/mol. The van der Waals surface area contributed by atoms with Crippen LogP contribution in [0.2, 0.25) is 0 Å². The number of nitrogens with zero attached hydrogens (tertiary/aromatic N) is 1. The Balaban J connectivity index is 2.18. The number of fused-ring (bicyclic) bond motifs is 1. The molecule has 0 bridgehead atoms. The molecule has 0 saturated heterocycles. The first kappa shape index (κ1) is 16.7. The minimum atomic E-state index is -0.761. The van der Waals surface area contributed by atoms with Crippen LogP contribution < -0.4 is 10.1 Å². The van der Waals surface area contributed by atoms with Crippen LogP contribution in [-0.4, -0.2) is 30.2 Å². The molecular formula is C14H12Br2N2O4. The summed E-state index contributed by atoms with van der Waals surface area (Å²) in [5.74, 6) is -0.252. The van der Waals surface area contributed by atoms with E-state index in [1.807, 2.05) is 6.07 Å². The van der Waals surface area contributed by atoms with E-state index in [0.29, 0.717) is 9.99 Å². The van der Waals surface area contributed by atoms with Crippen LogP contribution in [0.1, 0.15) is 6.92 Å². The van der Waals surface area contributed by atoms with Crippen LogP contribution in [0.4, 0.5) is 4.79 Å². The van der Waals surface area contributed by atoms with Crippen molar-refractivity contribution < 1.29 is 19.1 Å². The molecule has 1 N–H and O–H groups in total. The second-order valence-corrected chi connectivity index (χ2v) is 5.83. The van der Waals surface area contributed by atoms with Crippen molar-refractivity contribution in [2.45, 2.75) is 6.92 Å². The average molecular weight is 432 g/mol. The van der Waals surface area contributed by atoms with Crippen molar-refractivity contribution in [3.05, 3.63) is 33.3 Å². The van der Waals surface area contributed by atoms with Crippen LogP contribution in [0.5, 0.6) is 5.75 Å². The first-order valence-corrected chi connectivity index (χ1v) is 7.95. The molecule has 0 unspecified atom stereocenters. The minimum Gasteiger partial charge on any atom is -0.465 e. The number of hydrogen-bond donors (Lipinski definition) is 1. The maximum absolute atomic E-state index is 11.8. The summed E-state index contributed by atoms with van der Waals surface area (Å²) in [7, 11) is 0. The average Bonchev–Trinajstić information content (AvgIpc) is 2.50. The van der Waals surface area contributed by atoms with Gasteiger partial charge < -0.3 is 14.8 Å². The van der Waals surface area contributed by atoms with E-state index < -0.39 is 12.1 Å². The quantitative estimate of drug-likeness (QED) is 0.750. The fraction of sp³-hybridized carbons (Fsp3) is 0.214. The SMILES string of the molecule is CCOC(=O)CNC(=O)Oc1c(Br)cc(Br)c2cccnc12. The number of rotatable bonds is 4. The molecule has 0 aliphatic rings. The summed E-state index contributed by atoms with van der Waals surface area (Å²) in [5, 5.41) is 3.13. The van der Waals surface area contributed by atoms with Crippen LogP contribution in [0.25, 0.3) is 10.9 Å². The van der Waals surface area contributed by atoms with E-state index in [1.165, 1.54) is 0 Å². The molecule has 116 valence electrons.